The second-order valence-electron chi connectivity index (χ2n) is 3.56. The van der Waals surface area contributed by atoms with E-state index in [1.807, 2.05) is 0 Å². The first-order valence-electron chi connectivity index (χ1n) is 5.12. The molecule has 1 aliphatic rings. The van der Waals surface area contributed by atoms with Gasteiger partial charge in [-0.2, -0.15) is 0 Å². The van der Waals surface area contributed by atoms with Crippen LogP contribution < -0.4 is 0 Å². The minimum Gasteiger partial charge on any atom is -0.203 e. The van der Waals surface area contributed by atoms with Gasteiger partial charge in [0.15, 0.2) is 0 Å². The second-order valence-corrected chi connectivity index (χ2v) is 3.56. The van der Waals surface area contributed by atoms with Gasteiger partial charge in [-0.1, -0.05) is 18.2 Å². The van der Waals surface area contributed by atoms with E-state index in [0.717, 1.165) is 0 Å². The zero-order valence-corrected chi connectivity index (χ0v) is 7.95. The van der Waals surface area contributed by atoms with E-state index in [2.05, 4.69) is 41.1 Å². The van der Waals surface area contributed by atoms with Crippen LogP contribution in [-0.2, 0) is 0 Å². The van der Waals surface area contributed by atoms with E-state index < -0.39 is 0 Å². The fourth-order valence-electron chi connectivity index (χ4n) is 1.80. The lowest BCUT2D eigenvalue weighted by atomic mass is 10.2. The smallest absolute Gasteiger partial charge is 0.203 e. The van der Waals surface area contributed by atoms with Crippen LogP contribution in [0.3, 0.4) is 0 Å². The van der Waals surface area contributed by atoms with E-state index in [-0.39, 0.29) is 0 Å². The molecule has 0 radical (unpaired) electrons. The van der Waals surface area contributed by atoms with E-state index in [1.165, 1.54) is 37.9 Å². The lowest BCUT2D eigenvalue weighted by molar-refractivity contribution is -0.436. The van der Waals surface area contributed by atoms with Gasteiger partial charge in [-0.05, 0) is 12.8 Å². The van der Waals surface area contributed by atoms with Crippen LogP contribution >= 0.6 is 0 Å². The molecule has 0 unspecified atom stereocenters. The molecular formula is C12H16N+. The third-order valence-corrected chi connectivity index (χ3v) is 2.54. The van der Waals surface area contributed by atoms with Crippen LogP contribution in [0.15, 0.2) is 30.3 Å². The van der Waals surface area contributed by atoms with E-state index >= 15 is 0 Å². The van der Waals surface area contributed by atoms with Gasteiger partial charge >= 0.3 is 0 Å². The molecular weight excluding hydrogens is 158 g/mol. The van der Waals surface area contributed by atoms with Gasteiger partial charge in [0.25, 0.3) is 0 Å². The summed E-state index contributed by atoms with van der Waals surface area (Å²) in [6, 6.07) is 10.6. The van der Waals surface area contributed by atoms with Crippen molar-refractivity contribution in [1.82, 2.24) is 0 Å². The molecule has 1 aromatic rings. The summed E-state index contributed by atoms with van der Waals surface area (Å²) in [6.45, 7) is 1.18. The summed E-state index contributed by atoms with van der Waals surface area (Å²) in [7, 11) is 0. The molecule has 68 valence electrons. The SMILES string of the molecule is C1=[N+](c2ccccc2)CCCCC1. The minimum absolute atomic E-state index is 1.18. The van der Waals surface area contributed by atoms with Gasteiger partial charge in [-0.15, -0.1) is 0 Å². The molecule has 0 aromatic heterocycles. The summed E-state index contributed by atoms with van der Waals surface area (Å²) in [6.07, 6.45) is 7.62. The zero-order valence-electron chi connectivity index (χ0n) is 7.95. The average Bonchev–Trinajstić information content (AvgIpc) is 2.47. The number of nitrogens with zero attached hydrogens (tertiary/aromatic N) is 1. The fourth-order valence-corrected chi connectivity index (χ4v) is 1.80. The summed E-state index contributed by atoms with van der Waals surface area (Å²) in [5, 5.41) is 0. The Morgan fingerprint density at radius 2 is 1.77 bits per heavy atom. The van der Waals surface area contributed by atoms with Crippen molar-refractivity contribution in [2.24, 2.45) is 0 Å². The number of para-hydroxylation sites is 1. The summed E-state index contributed by atoms with van der Waals surface area (Å²) in [4.78, 5) is 0. The first-order chi connectivity index (χ1) is 6.47. The van der Waals surface area contributed by atoms with Gasteiger partial charge in [-0.25, -0.2) is 4.58 Å². The predicted octanol–water partition coefficient (Wildman–Crippen LogP) is 2.98. The molecule has 1 aromatic carbocycles. The van der Waals surface area contributed by atoms with Gasteiger partial charge in [0.1, 0.15) is 12.8 Å². The number of hydrogen-bond donors (Lipinski definition) is 0. The molecule has 0 bridgehead atoms. The highest BCUT2D eigenvalue weighted by molar-refractivity contribution is 5.54. The van der Waals surface area contributed by atoms with Gasteiger partial charge < -0.3 is 0 Å². The van der Waals surface area contributed by atoms with Crippen LogP contribution in [0.25, 0.3) is 0 Å². The zero-order chi connectivity index (χ0) is 8.93. The molecule has 0 saturated carbocycles. The molecule has 13 heavy (non-hydrogen) atoms. The Morgan fingerprint density at radius 3 is 2.62 bits per heavy atom. The van der Waals surface area contributed by atoms with Gasteiger partial charge in [0.2, 0.25) is 5.69 Å². The number of benzene rings is 1. The van der Waals surface area contributed by atoms with Crippen LogP contribution in [0.1, 0.15) is 25.7 Å². The maximum atomic E-state index is 2.38. The monoisotopic (exact) mass is 174 g/mol. The molecule has 1 aliphatic heterocycles. The Hall–Kier alpha value is -1.11. The Labute approximate surface area is 79.7 Å². The van der Waals surface area contributed by atoms with E-state index in [4.69, 9.17) is 0 Å². The second kappa shape index (κ2) is 4.22. The van der Waals surface area contributed by atoms with Crippen molar-refractivity contribution in [1.29, 1.82) is 0 Å². The Morgan fingerprint density at radius 1 is 0.923 bits per heavy atom. The molecule has 0 saturated heterocycles. The topological polar surface area (TPSA) is 3.01 Å². The maximum Gasteiger partial charge on any atom is 0.204 e. The van der Waals surface area contributed by atoms with Crippen molar-refractivity contribution in [3.63, 3.8) is 0 Å². The van der Waals surface area contributed by atoms with Crippen LogP contribution in [0.4, 0.5) is 5.69 Å². The van der Waals surface area contributed by atoms with Crippen LogP contribution in [-0.4, -0.2) is 17.3 Å². The fraction of sp³-hybridized carbons (Fsp3) is 0.417. The summed E-state index contributed by atoms with van der Waals surface area (Å²) < 4.78 is 2.38. The summed E-state index contributed by atoms with van der Waals surface area (Å²) in [5.41, 5.74) is 1.34. The molecule has 0 aliphatic carbocycles. The lowest BCUT2D eigenvalue weighted by Crippen LogP contribution is -2.06. The third-order valence-electron chi connectivity index (χ3n) is 2.54. The molecule has 0 atom stereocenters. The van der Waals surface area contributed by atoms with Crippen molar-refractivity contribution in [2.75, 3.05) is 6.54 Å². The van der Waals surface area contributed by atoms with Crippen molar-refractivity contribution in [3.05, 3.63) is 30.3 Å². The first kappa shape index (κ1) is 8.49. The molecule has 0 fully saturated rings. The van der Waals surface area contributed by atoms with Crippen LogP contribution in [0.5, 0.6) is 0 Å². The molecule has 1 heteroatoms. The summed E-state index contributed by atoms with van der Waals surface area (Å²) in [5.74, 6) is 0. The largest absolute Gasteiger partial charge is 0.204 e. The van der Waals surface area contributed by atoms with E-state index in [0.29, 0.717) is 0 Å². The van der Waals surface area contributed by atoms with Crippen LogP contribution in [0, 0.1) is 0 Å². The highest BCUT2D eigenvalue weighted by atomic mass is 15.0. The van der Waals surface area contributed by atoms with Gasteiger partial charge in [-0.3, -0.25) is 0 Å². The predicted molar refractivity (Wildman–Crippen MR) is 55.8 cm³/mol. The molecule has 0 amide bonds. The number of rotatable bonds is 1. The normalized spacial score (nSPS) is 17.7. The third kappa shape index (κ3) is 2.18. The van der Waals surface area contributed by atoms with E-state index in [9.17, 15) is 0 Å². The standard InChI is InChI=1S/C12H16N/c1-2-7-11-13(10-6-1)12-8-4-3-5-9-12/h3-5,8-10H,1-2,6-7,11H2/q+1. The molecule has 2 rings (SSSR count). The first-order valence-corrected chi connectivity index (χ1v) is 5.12. The van der Waals surface area contributed by atoms with E-state index in [1.54, 1.807) is 0 Å². The van der Waals surface area contributed by atoms with Gasteiger partial charge in [0, 0.05) is 25.0 Å². The highest BCUT2D eigenvalue weighted by Gasteiger charge is 2.10. The average molecular weight is 174 g/mol. The minimum atomic E-state index is 1.18. The molecule has 1 heterocycles. The highest BCUT2D eigenvalue weighted by Crippen LogP contribution is 2.14. The molecule has 0 spiro atoms. The lowest BCUT2D eigenvalue weighted by Gasteiger charge is -1.98. The quantitative estimate of drug-likeness (QED) is 0.576. The molecule has 0 N–H and O–H groups in total. The van der Waals surface area contributed by atoms with Gasteiger partial charge in [0.05, 0.1) is 0 Å². The summed E-state index contributed by atoms with van der Waals surface area (Å²) >= 11 is 0. The Balaban J connectivity index is 2.19. The van der Waals surface area contributed by atoms with Crippen molar-refractivity contribution < 1.29 is 4.58 Å². The Kier molecular flexibility index (Phi) is 2.75. The van der Waals surface area contributed by atoms with Crippen molar-refractivity contribution in [2.45, 2.75) is 25.7 Å². The molecule has 1 nitrogen and oxygen atoms in total. The Bertz CT molecular complexity index is 287. The van der Waals surface area contributed by atoms with Crippen molar-refractivity contribution in [3.8, 4) is 0 Å². The number of hydrogen-bond acceptors (Lipinski definition) is 0. The van der Waals surface area contributed by atoms with Crippen molar-refractivity contribution >= 4 is 11.9 Å². The van der Waals surface area contributed by atoms with Crippen LogP contribution in [0.2, 0.25) is 0 Å². The maximum absolute atomic E-state index is 2.38.